The van der Waals surface area contributed by atoms with Gasteiger partial charge in [0, 0.05) is 31.7 Å². The molecule has 98 valence electrons. The van der Waals surface area contributed by atoms with Crippen molar-refractivity contribution in [2.45, 2.75) is 44.7 Å². The lowest BCUT2D eigenvalue weighted by molar-refractivity contribution is 0.136. The zero-order valence-electron chi connectivity index (χ0n) is 11.2. The van der Waals surface area contributed by atoms with Crippen LogP contribution in [-0.2, 0) is 0 Å². The van der Waals surface area contributed by atoms with E-state index in [0.717, 1.165) is 18.0 Å². The number of rotatable bonds is 2. The SMILES string of the molecule is CC1CCNCC1N1CCC(N2CCCC2)C1. The lowest BCUT2D eigenvalue weighted by Crippen LogP contribution is -2.50. The van der Waals surface area contributed by atoms with Crippen molar-refractivity contribution < 1.29 is 0 Å². The molecule has 3 unspecified atom stereocenters. The summed E-state index contributed by atoms with van der Waals surface area (Å²) in [6.45, 7) is 10.3. The summed E-state index contributed by atoms with van der Waals surface area (Å²) in [5, 5.41) is 3.57. The van der Waals surface area contributed by atoms with E-state index in [-0.39, 0.29) is 0 Å². The molecule has 0 aromatic carbocycles. The Kier molecular flexibility index (Phi) is 3.69. The van der Waals surface area contributed by atoms with Gasteiger partial charge in [0.25, 0.3) is 0 Å². The smallest absolute Gasteiger partial charge is 0.0247 e. The molecular formula is C14H27N3. The highest BCUT2D eigenvalue weighted by Gasteiger charge is 2.35. The van der Waals surface area contributed by atoms with Crippen LogP contribution in [0.5, 0.6) is 0 Å². The Balaban J connectivity index is 1.55. The van der Waals surface area contributed by atoms with Gasteiger partial charge >= 0.3 is 0 Å². The van der Waals surface area contributed by atoms with E-state index < -0.39 is 0 Å². The standard InChI is InChI=1S/C14H27N3/c1-12-4-6-15-10-14(12)17-9-5-13(11-17)16-7-2-3-8-16/h12-15H,2-11H2,1H3. The van der Waals surface area contributed by atoms with E-state index in [1.807, 2.05) is 0 Å². The molecule has 0 bridgehead atoms. The van der Waals surface area contributed by atoms with Crippen molar-refractivity contribution in [1.82, 2.24) is 15.1 Å². The molecule has 0 aliphatic carbocycles. The normalized spacial score (nSPS) is 41.1. The summed E-state index contributed by atoms with van der Waals surface area (Å²) < 4.78 is 0. The average Bonchev–Trinajstić information content (AvgIpc) is 3.00. The molecule has 3 rings (SSSR count). The predicted octanol–water partition coefficient (Wildman–Crippen LogP) is 1.15. The van der Waals surface area contributed by atoms with Crippen LogP contribution in [-0.4, -0.2) is 61.2 Å². The maximum Gasteiger partial charge on any atom is 0.0247 e. The van der Waals surface area contributed by atoms with Gasteiger partial charge in [0.15, 0.2) is 0 Å². The molecule has 3 atom stereocenters. The molecule has 3 saturated heterocycles. The van der Waals surface area contributed by atoms with Crippen LogP contribution in [0.15, 0.2) is 0 Å². The molecule has 3 aliphatic rings. The van der Waals surface area contributed by atoms with Crippen LogP contribution in [0.25, 0.3) is 0 Å². The van der Waals surface area contributed by atoms with Gasteiger partial charge in [-0.05, 0) is 51.2 Å². The largest absolute Gasteiger partial charge is 0.315 e. The Morgan fingerprint density at radius 3 is 2.59 bits per heavy atom. The summed E-state index contributed by atoms with van der Waals surface area (Å²) in [6.07, 6.45) is 5.62. The van der Waals surface area contributed by atoms with Crippen LogP contribution >= 0.6 is 0 Å². The molecule has 0 spiro atoms. The summed E-state index contributed by atoms with van der Waals surface area (Å²) in [4.78, 5) is 5.50. The van der Waals surface area contributed by atoms with Gasteiger partial charge < -0.3 is 5.32 Å². The predicted molar refractivity (Wildman–Crippen MR) is 71.2 cm³/mol. The van der Waals surface area contributed by atoms with Gasteiger partial charge in [-0.15, -0.1) is 0 Å². The first-order valence-corrected chi connectivity index (χ1v) is 7.53. The highest BCUT2D eigenvalue weighted by atomic mass is 15.3. The Labute approximate surface area is 106 Å². The minimum absolute atomic E-state index is 0.802. The molecular weight excluding hydrogens is 210 g/mol. The summed E-state index contributed by atoms with van der Waals surface area (Å²) in [7, 11) is 0. The first-order chi connectivity index (χ1) is 8.34. The van der Waals surface area contributed by atoms with Gasteiger partial charge in [-0.25, -0.2) is 0 Å². The molecule has 3 heterocycles. The Hall–Kier alpha value is -0.120. The van der Waals surface area contributed by atoms with E-state index >= 15 is 0 Å². The number of piperidine rings is 1. The van der Waals surface area contributed by atoms with Gasteiger partial charge in [-0.1, -0.05) is 6.92 Å². The molecule has 17 heavy (non-hydrogen) atoms. The Morgan fingerprint density at radius 1 is 1.00 bits per heavy atom. The summed E-state index contributed by atoms with van der Waals surface area (Å²) in [5.41, 5.74) is 0. The number of hydrogen-bond donors (Lipinski definition) is 1. The topological polar surface area (TPSA) is 18.5 Å². The molecule has 0 aromatic rings. The van der Waals surface area contributed by atoms with Crippen molar-refractivity contribution in [2.75, 3.05) is 39.3 Å². The van der Waals surface area contributed by atoms with E-state index in [9.17, 15) is 0 Å². The molecule has 0 radical (unpaired) electrons. The van der Waals surface area contributed by atoms with Crippen molar-refractivity contribution in [2.24, 2.45) is 5.92 Å². The number of likely N-dealkylation sites (tertiary alicyclic amines) is 2. The third kappa shape index (κ3) is 2.51. The maximum absolute atomic E-state index is 3.57. The highest BCUT2D eigenvalue weighted by molar-refractivity contribution is 4.92. The van der Waals surface area contributed by atoms with Gasteiger partial charge in [-0.3, -0.25) is 9.80 Å². The highest BCUT2D eigenvalue weighted by Crippen LogP contribution is 2.26. The van der Waals surface area contributed by atoms with Crippen LogP contribution < -0.4 is 5.32 Å². The monoisotopic (exact) mass is 237 g/mol. The fourth-order valence-corrected chi connectivity index (χ4v) is 3.94. The van der Waals surface area contributed by atoms with Crippen LogP contribution in [0.1, 0.15) is 32.6 Å². The minimum atomic E-state index is 0.802. The van der Waals surface area contributed by atoms with Crippen LogP contribution in [0.4, 0.5) is 0 Å². The molecule has 0 saturated carbocycles. The molecule has 0 amide bonds. The van der Waals surface area contributed by atoms with Crippen molar-refractivity contribution in [3.05, 3.63) is 0 Å². The second-order valence-corrected chi connectivity index (χ2v) is 6.22. The fraction of sp³-hybridized carbons (Fsp3) is 1.00. The van der Waals surface area contributed by atoms with Gasteiger partial charge in [0.05, 0.1) is 0 Å². The van der Waals surface area contributed by atoms with Gasteiger partial charge in [-0.2, -0.15) is 0 Å². The summed E-state index contributed by atoms with van der Waals surface area (Å²) in [5.74, 6) is 0.883. The van der Waals surface area contributed by atoms with Crippen LogP contribution in [0.2, 0.25) is 0 Å². The first kappa shape index (κ1) is 11.9. The lowest BCUT2D eigenvalue weighted by Gasteiger charge is -2.37. The van der Waals surface area contributed by atoms with Crippen molar-refractivity contribution in [1.29, 1.82) is 0 Å². The first-order valence-electron chi connectivity index (χ1n) is 7.53. The lowest BCUT2D eigenvalue weighted by atomic mass is 9.94. The number of nitrogens with one attached hydrogen (secondary N) is 1. The van der Waals surface area contributed by atoms with E-state index in [2.05, 4.69) is 22.0 Å². The zero-order chi connectivity index (χ0) is 11.7. The molecule has 3 fully saturated rings. The second-order valence-electron chi connectivity index (χ2n) is 6.22. The molecule has 3 aliphatic heterocycles. The van der Waals surface area contributed by atoms with Crippen molar-refractivity contribution >= 4 is 0 Å². The third-order valence-corrected chi connectivity index (χ3v) is 5.11. The van der Waals surface area contributed by atoms with Crippen LogP contribution in [0, 0.1) is 5.92 Å². The zero-order valence-corrected chi connectivity index (χ0v) is 11.2. The Bertz CT molecular complexity index is 250. The maximum atomic E-state index is 3.57. The number of nitrogens with zero attached hydrogens (tertiary/aromatic N) is 2. The van der Waals surface area contributed by atoms with Gasteiger partial charge in [0.1, 0.15) is 0 Å². The molecule has 1 N–H and O–H groups in total. The second kappa shape index (κ2) is 5.25. The number of hydrogen-bond acceptors (Lipinski definition) is 3. The Morgan fingerprint density at radius 2 is 1.82 bits per heavy atom. The minimum Gasteiger partial charge on any atom is -0.315 e. The van der Waals surface area contributed by atoms with E-state index in [0.29, 0.717) is 0 Å². The fourth-order valence-electron chi connectivity index (χ4n) is 3.94. The quantitative estimate of drug-likeness (QED) is 0.777. The van der Waals surface area contributed by atoms with Crippen molar-refractivity contribution in [3.8, 4) is 0 Å². The average molecular weight is 237 g/mol. The van der Waals surface area contributed by atoms with Gasteiger partial charge in [0.2, 0.25) is 0 Å². The third-order valence-electron chi connectivity index (χ3n) is 5.11. The van der Waals surface area contributed by atoms with Crippen molar-refractivity contribution in [3.63, 3.8) is 0 Å². The summed E-state index contributed by atoms with van der Waals surface area (Å²) >= 11 is 0. The van der Waals surface area contributed by atoms with Crippen LogP contribution in [0.3, 0.4) is 0 Å². The summed E-state index contributed by atoms with van der Waals surface area (Å²) in [6, 6.07) is 1.67. The molecule has 0 aromatic heterocycles. The molecule has 3 nitrogen and oxygen atoms in total. The van der Waals surface area contributed by atoms with E-state index in [1.54, 1.807) is 0 Å². The molecule has 3 heteroatoms. The van der Waals surface area contributed by atoms with E-state index in [4.69, 9.17) is 0 Å². The van der Waals surface area contributed by atoms with E-state index in [1.165, 1.54) is 65.0 Å².